The summed E-state index contributed by atoms with van der Waals surface area (Å²) in [6, 6.07) is 7.62. The van der Waals surface area contributed by atoms with Gasteiger partial charge in [-0.2, -0.15) is 0 Å². The van der Waals surface area contributed by atoms with Gasteiger partial charge >= 0.3 is 0 Å². The fourth-order valence-corrected chi connectivity index (χ4v) is 3.57. The Balaban J connectivity index is 1.72. The minimum absolute atomic E-state index is 0.0448. The number of aliphatic hydroxyl groups is 1. The number of hydrogen-bond donors (Lipinski definition) is 1. The Labute approximate surface area is 156 Å². The molecule has 1 aromatic carbocycles. The average Bonchev–Trinajstić information content (AvgIpc) is 3.03. The van der Waals surface area contributed by atoms with Crippen LogP contribution in [0.3, 0.4) is 0 Å². The normalized spacial score (nSPS) is 20.7. The molecule has 0 radical (unpaired) electrons. The molecule has 0 aliphatic carbocycles. The summed E-state index contributed by atoms with van der Waals surface area (Å²) in [7, 11) is 0. The van der Waals surface area contributed by atoms with E-state index in [-0.39, 0.29) is 25.7 Å². The highest BCUT2D eigenvalue weighted by molar-refractivity contribution is 7.08. The number of hydrogen-bond acceptors (Lipinski definition) is 7. The van der Waals surface area contributed by atoms with Gasteiger partial charge in [0.25, 0.3) is 5.91 Å². The van der Waals surface area contributed by atoms with Crippen LogP contribution < -0.4 is 4.74 Å². The monoisotopic (exact) mass is 377 g/mol. The fraction of sp³-hybridized carbons (Fsp3) is 0.500. The van der Waals surface area contributed by atoms with Gasteiger partial charge in [0.05, 0.1) is 25.5 Å². The quantitative estimate of drug-likeness (QED) is 0.854. The number of para-hydroxylation sites is 1. The maximum Gasteiger partial charge on any atom is 0.267 e. The molecule has 1 aliphatic rings. The molecule has 3 rings (SSSR count). The summed E-state index contributed by atoms with van der Waals surface area (Å²) in [4.78, 5) is 15.0. The van der Waals surface area contributed by atoms with Gasteiger partial charge in [-0.05, 0) is 36.5 Å². The lowest BCUT2D eigenvalue weighted by atomic mass is 10.1. The Morgan fingerprint density at radius 3 is 3.04 bits per heavy atom. The first-order valence-corrected chi connectivity index (χ1v) is 9.39. The average molecular weight is 377 g/mol. The van der Waals surface area contributed by atoms with E-state index in [0.717, 1.165) is 17.1 Å². The lowest BCUT2D eigenvalue weighted by Crippen LogP contribution is -2.50. The molecule has 1 unspecified atom stereocenters. The number of benzene rings is 1. The van der Waals surface area contributed by atoms with Crippen LogP contribution in [0.4, 0.5) is 0 Å². The largest absolute Gasteiger partial charge is 0.490 e. The van der Waals surface area contributed by atoms with Gasteiger partial charge < -0.3 is 19.5 Å². The molecular weight excluding hydrogens is 354 g/mol. The third-order valence-electron chi connectivity index (χ3n) is 4.32. The SMILES string of the molecule is CCc1nnsc1C(=O)N1CCOCC(O)(COc2ccccc2C)C1. The molecule has 1 aromatic heterocycles. The van der Waals surface area contributed by atoms with Crippen molar-refractivity contribution in [3.8, 4) is 5.75 Å². The summed E-state index contributed by atoms with van der Waals surface area (Å²) in [5.74, 6) is 0.541. The summed E-state index contributed by atoms with van der Waals surface area (Å²) in [6.07, 6.45) is 0.641. The Morgan fingerprint density at radius 1 is 1.46 bits per heavy atom. The van der Waals surface area contributed by atoms with Crippen molar-refractivity contribution in [2.75, 3.05) is 32.9 Å². The summed E-state index contributed by atoms with van der Waals surface area (Å²) in [5, 5.41) is 15.0. The topological polar surface area (TPSA) is 84.8 Å². The van der Waals surface area contributed by atoms with E-state index in [2.05, 4.69) is 9.59 Å². The van der Waals surface area contributed by atoms with Crippen molar-refractivity contribution >= 4 is 17.4 Å². The molecule has 1 saturated heterocycles. The molecule has 7 nitrogen and oxygen atoms in total. The highest BCUT2D eigenvalue weighted by Crippen LogP contribution is 2.22. The molecule has 26 heavy (non-hydrogen) atoms. The number of aryl methyl sites for hydroxylation is 2. The van der Waals surface area contributed by atoms with Crippen LogP contribution in [0, 0.1) is 6.92 Å². The Kier molecular flexibility index (Phi) is 5.85. The van der Waals surface area contributed by atoms with Crippen molar-refractivity contribution in [2.24, 2.45) is 0 Å². The highest BCUT2D eigenvalue weighted by Gasteiger charge is 2.36. The second kappa shape index (κ2) is 8.11. The van der Waals surface area contributed by atoms with Crippen molar-refractivity contribution < 1.29 is 19.4 Å². The first-order chi connectivity index (χ1) is 12.5. The predicted octanol–water partition coefficient (Wildman–Crippen LogP) is 1.69. The molecular formula is C18H23N3O4S. The van der Waals surface area contributed by atoms with Crippen LogP contribution in [0.15, 0.2) is 24.3 Å². The molecule has 0 bridgehead atoms. The van der Waals surface area contributed by atoms with Crippen LogP contribution in [-0.2, 0) is 11.2 Å². The fourth-order valence-electron chi connectivity index (χ4n) is 2.85. The van der Waals surface area contributed by atoms with Gasteiger partial charge in [0, 0.05) is 6.54 Å². The number of carbonyl (C=O) groups is 1. The summed E-state index contributed by atoms with van der Waals surface area (Å²) < 4.78 is 15.2. The van der Waals surface area contributed by atoms with Gasteiger partial charge in [-0.15, -0.1) is 5.10 Å². The van der Waals surface area contributed by atoms with E-state index in [9.17, 15) is 9.90 Å². The molecule has 2 aromatic rings. The molecule has 1 aliphatic heterocycles. The second-order valence-electron chi connectivity index (χ2n) is 6.46. The van der Waals surface area contributed by atoms with Crippen LogP contribution in [0.2, 0.25) is 0 Å². The van der Waals surface area contributed by atoms with Gasteiger partial charge in [-0.3, -0.25) is 4.79 Å². The van der Waals surface area contributed by atoms with E-state index in [0.29, 0.717) is 35.9 Å². The van der Waals surface area contributed by atoms with Crippen molar-refractivity contribution in [3.63, 3.8) is 0 Å². The number of rotatable bonds is 5. The van der Waals surface area contributed by atoms with Gasteiger partial charge in [0.15, 0.2) is 0 Å². The molecule has 0 saturated carbocycles. The number of carbonyl (C=O) groups excluding carboxylic acids is 1. The maximum atomic E-state index is 12.9. The number of nitrogens with zero attached hydrogens (tertiary/aromatic N) is 3. The van der Waals surface area contributed by atoms with Crippen molar-refractivity contribution in [1.82, 2.24) is 14.5 Å². The smallest absolute Gasteiger partial charge is 0.267 e. The van der Waals surface area contributed by atoms with Crippen LogP contribution in [0.1, 0.15) is 27.9 Å². The highest BCUT2D eigenvalue weighted by atomic mass is 32.1. The Morgan fingerprint density at radius 2 is 2.27 bits per heavy atom. The van der Waals surface area contributed by atoms with Gasteiger partial charge in [-0.1, -0.05) is 29.6 Å². The molecule has 0 spiro atoms. The first-order valence-electron chi connectivity index (χ1n) is 8.61. The lowest BCUT2D eigenvalue weighted by molar-refractivity contribution is -0.0622. The molecule has 1 N–H and O–H groups in total. The molecule has 1 atom stereocenters. The predicted molar refractivity (Wildman–Crippen MR) is 97.6 cm³/mol. The van der Waals surface area contributed by atoms with Crippen molar-refractivity contribution in [2.45, 2.75) is 25.9 Å². The van der Waals surface area contributed by atoms with E-state index in [1.807, 2.05) is 38.1 Å². The van der Waals surface area contributed by atoms with E-state index < -0.39 is 5.60 Å². The van der Waals surface area contributed by atoms with Crippen LogP contribution in [0.5, 0.6) is 5.75 Å². The number of β-amino-alcohol motifs (C(OH)–C–C–N with tert-alkyl or cyclic N) is 1. The van der Waals surface area contributed by atoms with E-state index >= 15 is 0 Å². The summed E-state index contributed by atoms with van der Waals surface area (Å²) in [5.41, 5.74) is 0.394. The third-order valence-corrected chi connectivity index (χ3v) is 5.08. The minimum Gasteiger partial charge on any atom is -0.490 e. The number of ether oxygens (including phenoxy) is 2. The maximum absolute atomic E-state index is 12.9. The van der Waals surface area contributed by atoms with E-state index in [1.165, 1.54) is 0 Å². The van der Waals surface area contributed by atoms with Gasteiger partial charge in [-0.25, -0.2) is 0 Å². The minimum atomic E-state index is -1.28. The van der Waals surface area contributed by atoms with E-state index in [1.54, 1.807) is 4.90 Å². The van der Waals surface area contributed by atoms with Crippen LogP contribution in [0.25, 0.3) is 0 Å². The Hall–Kier alpha value is -2.03. The van der Waals surface area contributed by atoms with Crippen molar-refractivity contribution in [1.29, 1.82) is 0 Å². The summed E-state index contributed by atoms with van der Waals surface area (Å²) in [6.45, 7) is 4.96. The Bertz CT molecular complexity index is 766. The van der Waals surface area contributed by atoms with Crippen LogP contribution in [-0.4, -0.2) is 64.0 Å². The number of amides is 1. The van der Waals surface area contributed by atoms with Gasteiger partial charge in [0.2, 0.25) is 0 Å². The molecule has 2 heterocycles. The third kappa shape index (κ3) is 4.20. The molecule has 8 heteroatoms. The van der Waals surface area contributed by atoms with E-state index in [4.69, 9.17) is 9.47 Å². The number of aromatic nitrogens is 2. The molecule has 1 fully saturated rings. The standard InChI is InChI=1S/C18H23N3O4S/c1-3-14-16(26-20-19-14)17(22)21-8-9-24-11-18(23,10-21)12-25-15-7-5-4-6-13(15)2/h4-7,23H,3,8-12H2,1-2H3. The zero-order chi connectivity index (χ0) is 18.6. The first kappa shape index (κ1) is 18.8. The zero-order valence-corrected chi connectivity index (χ0v) is 15.8. The van der Waals surface area contributed by atoms with Gasteiger partial charge in [0.1, 0.15) is 22.8 Å². The zero-order valence-electron chi connectivity index (χ0n) is 15.0. The molecule has 140 valence electrons. The summed E-state index contributed by atoms with van der Waals surface area (Å²) >= 11 is 1.09. The lowest BCUT2D eigenvalue weighted by Gasteiger charge is -2.30. The second-order valence-corrected chi connectivity index (χ2v) is 7.21. The van der Waals surface area contributed by atoms with Crippen LogP contribution >= 0.6 is 11.5 Å². The molecule has 1 amide bonds. The van der Waals surface area contributed by atoms with Crippen molar-refractivity contribution in [3.05, 3.63) is 40.4 Å².